The Morgan fingerprint density at radius 3 is 2.54 bits per heavy atom. The number of ketones is 1. The number of carbonyl (C=O) groups excluding carboxylic acids is 1. The topological polar surface area (TPSA) is 64.9 Å². The van der Waals surface area contributed by atoms with E-state index in [2.05, 4.69) is 10.6 Å². The number of halogens is 2. The van der Waals surface area contributed by atoms with Crippen LogP contribution in [0.15, 0.2) is 72.4 Å². The zero-order chi connectivity index (χ0) is 20.1. The van der Waals surface area contributed by atoms with Crippen molar-refractivity contribution in [1.29, 1.82) is 5.26 Å². The molecule has 2 N–H and O–H groups in total. The smallest absolute Gasteiger partial charge is 0.205 e. The fraction of sp³-hybridized carbons (Fsp3) is 0. The molecule has 0 aliphatic carbocycles. The van der Waals surface area contributed by atoms with Crippen LogP contribution < -0.4 is 10.6 Å². The van der Waals surface area contributed by atoms with Gasteiger partial charge in [0.15, 0.2) is 5.11 Å². The molecule has 28 heavy (non-hydrogen) atoms. The third kappa shape index (κ3) is 4.68. The number of anilines is 1. The minimum atomic E-state index is -0.399. The normalized spacial score (nSPS) is 11.0. The molecule has 0 aromatic heterocycles. The molecule has 3 aromatic rings. The molecule has 0 atom stereocenters. The molecule has 0 spiro atoms. The summed E-state index contributed by atoms with van der Waals surface area (Å²) in [6, 6.07) is 19.8. The number of Topliss-reactive ketones (excluding diaryl/α,β-unsaturated/α-hetero) is 1. The van der Waals surface area contributed by atoms with E-state index >= 15 is 0 Å². The van der Waals surface area contributed by atoms with Gasteiger partial charge in [-0.05, 0) is 47.3 Å². The maximum atomic E-state index is 12.7. The Kier molecular flexibility index (Phi) is 6.27. The Morgan fingerprint density at radius 2 is 1.79 bits per heavy atom. The molecule has 0 radical (unpaired) electrons. The number of allylic oxidation sites excluding steroid dienone is 1. The first-order valence-electron chi connectivity index (χ1n) is 8.14. The van der Waals surface area contributed by atoms with Gasteiger partial charge in [-0.1, -0.05) is 59.6 Å². The number of thiocarbonyl (C=S) groups is 1. The quantitative estimate of drug-likeness (QED) is 0.242. The summed E-state index contributed by atoms with van der Waals surface area (Å²) in [6.45, 7) is 0. The van der Waals surface area contributed by atoms with Crippen LogP contribution in [-0.2, 0) is 0 Å². The van der Waals surface area contributed by atoms with Crippen molar-refractivity contribution < 1.29 is 4.79 Å². The maximum absolute atomic E-state index is 12.7. The zero-order valence-electron chi connectivity index (χ0n) is 14.4. The van der Waals surface area contributed by atoms with Crippen molar-refractivity contribution in [2.45, 2.75) is 0 Å². The summed E-state index contributed by atoms with van der Waals surface area (Å²) in [5, 5.41) is 18.0. The van der Waals surface area contributed by atoms with Crippen LogP contribution in [0, 0.1) is 11.3 Å². The van der Waals surface area contributed by atoms with Crippen LogP contribution in [-0.4, -0.2) is 10.9 Å². The summed E-state index contributed by atoms with van der Waals surface area (Å²) in [5.41, 5.74) is 0.862. The predicted molar refractivity (Wildman–Crippen MR) is 118 cm³/mol. The van der Waals surface area contributed by atoms with Crippen LogP contribution in [0.2, 0.25) is 10.0 Å². The van der Waals surface area contributed by atoms with E-state index in [-0.39, 0.29) is 10.7 Å². The minimum Gasteiger partial charge on any atom is -0.338 e. The monoisotopic (exact) mass is 425 g/mol. The first-order chi connectivity index (χ1) is 13.5. The molecule has 0 saturated heterocycles. The lowest BCUT2D eigenvalue weighted by Gasteiger charge is -2.10. The molecule has 0 fully saturated rings. The Bertz CT molecular complexity index is 1150. The maximum Gasteiger partial charge on any atom is 0.205 e. The van der Waals surface area contributed by atoms with Gasteiger partial charge in [0.25, 0.3) is 0 Å². The number of nitrogens with one attached hydrogen (secondary N) is 2. The molecular weight excluding hydrogens is 413 g/mol. The molecule has 0 bridgehead atoms. The van der Waals surface area contributed by atoms with Gasteiger partial charge in [-0.2, -0.15) is 5.26 Å². The van der Waals surface area contributed by atoms with Crippen molar-refractivity contribution in [2.75, 3.05) is 5.32 Å². The van der Waals surface area contributed by atoms with Crippen LogP contribution in [0.4, 0.5) is 5.69 Å². The molecule has 0 saturated carbocycles. The number of rotatable bonds is 4. The van der Waals surface area contributed by atoms with Crippen molar-refractivity contribution >= 4 is 62.8 Å². The van der Waals surface area contributed by atoms with E-state index in [9.17, 15) is 10.1 Å². The second-order valence-corrected chi connectivity index (χ2v) is 7.04. The van der Waals surface area contributed by atoms with Gasteiger partial charge in [0, 0.05) is 16.8 Å². The van der Waals surface area contributed by atoms with E-state index in [1.165, 1.54) is 6.20 Å². The number of nitrogens with zero attached hydrogens (tertiary/aromatic N) is 1. The highest BCUT2D eigenvalue weighted by Crippen LogP contribution is 2.25. The fourth-order valence-electron chi connectivity index (χ4n) is 2.52. The first kappa shape index (κ1) is 19.8. The summed E-state index contributed by atoms with van der Waals surface area (Å²) < 4.78 is 0. The van der Waals surface area contributed by atoms with E-state index in [0.717, 1.165) is 10.8 Å². The molecule has 0 aliphatic heterocycles. The highest BCUT2D eigenvalue weighted by molar-refractivity contribution is 7.80. The van der Waals surface area contributed by atoms with Crippen LogP contribution in [0.1, 0.15) is 10.4 Å². The average Bonchev–Trinajstić information content (AvgIpc) is 2.70. The molecule has 4 nitrogen and oxygen atoms in total. The first-order valence-corrected chi connectivity index (χ1v) is 9.30. The highest BCUT2D eigenvalue weighted by atomic mass is 35.5. The highest BCUT2D eigenvalue weighted by Gasteiger charge is 2.13. The van der Waals surface area contributed by atoms with Crippen LogP contribution in [0.3, 0.4) is 0 Å². The largest absolute Gasteiger partial charge is 0.338 e. The van der Waals surface area contributed by atoms with Gasteiger partial charge in [-0.3, -0.25) is 4.79 Å². The summed E-state index contributed by atoms with van der Waals surface area (Å²) in [4.78, 5) is 12.7. The third-order valence-corrected chi connectivity index (χ3v) is 4.69. The Labute approximate surface area is 177 Å². The van der Waals surface area contributed by atoms with Crippen LogP contribution in [0.5, 0.6) is 0 Å². The summed E-state index contributed by atoms with van der Waals surface area (Å²) in [5.74, 6) is -0.399. The van der Waals surface area contributed by atoms with Crippen molar-refractivity contribution in [3.05, 3.63) is 88.0 Å². The summed E-state index contributed by atoms with van der Waals surface area (Å²) >= 11 is 17.2. The number of carbonyl (C=O) groups is 1. The van der Waals surface area contributed by atoms with Crippen molar-refractivity contribution in [1.82, 2.24) is 5.32 Å². The minimum absolute atomic E-state index is 0.0726. The van der Waals surface area contributed by atoms with Gasteiger partial charge < -0.3 is 10.6 Å². The van der Waals surface area contributed by atoms with Crippen LogP contribution in [0.25, 0.3) is 10.8 Å². The Hall–Kier alpha value is -2.91. The summed E-state index contributed by atoms with van der Waals surface area (Å²) in [6.07, 6.45) is 1.27. The van der Waals surface area contributed by atoms with E-state index in [4.69, 9.17) is 35.4 Å². The van der Waals surface area contributed by atoms with Gasteiger partial charge in [-0.25, -0.2) is 0 Å². The number of nitriles is 1. The zero-order valence-corrected chi connectivity index (χ0v) is 16.7. The van der Waals surface area contributed by atoms with Gasteiger partial charge in [0.05, 0.1) is 10.7 Å². The number of hydrogen-bond donors (Lipinski definition) is 2. The lowest BCUT2D eigenvalue weighted by molar-refractivity contribution is 0.103. The molecule has 0 aliphatic rings. The standard InChI is InChI=1S/C21H13Cl2N3OS/c22-17-7-8-18(23)19(10-17)26-21(28)25-12-16(11-24)20(27)15-6-5-13-3-1-2-4-14(13)9-15/h1-10,12H,(H2,25,26,28). The number of benzene rings is 3. The lowest BCUT2D eigenvalue weighted by Crippen LogP contribution is -2.25. The van der Waals surface area contributed by atoms with Crippen molar-refractivity contribution in [3.8, 4) is 6.07 Å². The second kappa shape index (κ2) is 8.85. The number of hydrogen-bond acceptors (Lipinski definition) is 3. The van der Waals surface area contributed by atoms with Crippen molar-refractivity contribution in [3.63, 3.8) is 0 Å². The molecule has 7 heteroatoms. The van der Waals surface area contributed by atoms with Crippen molar-refractivity contribution in [2.24, 2.45) is 0 Å². The fourth-order valence-corrected chi connectivity index (χ4v) is 3.03. The van der Waals surface area contributed by atoms with Crippen LogP contribution >= 0.6 is 35.4 Å². The SMILES string of the molecule is N#CC(=CNC(=S)Nc1cc(Cl)ccc1Cl)C(=O)c1ccc2ccccc2c1. The number of fused-ring (bicyclic) bond motifs is 1. The Morgan fingerprint density at radius 1 is 1.04 bits per heavy atom. The third-order valence-electron chi connectivity index (χ3n) is 3.90. The molecule has 0 unspecified atom stereocenters. The molecular formula is C21H13Cl2N3OS. The second-order valence-electron chi connectivity index (χ2n) is 5.78. The lowest BCUT2D eigenvalue weighted by atomic mass is 10.0. The van der Waals surface area contributed by atoms with E-state index in [0.29, 0.717) is 21.3 Å². The molecule has 3 rings (SSSR count). The molecule has 0 heterocycles. The molecule has 0 amide bonds. The van der Waals surface area contributed by atoms with Gasteiger partial charge in [0.1, 0.15) is 11.6 Å². The van der Waals surface area contributed by atoms with Gasteiger partial charge >= 0.3 is 0 Å². The Balaban J connectivity index is 1.75. The van der Waals surface area contributed by atoms with Gasteiger partial charge in [0.2, 0.25) is 5.78 Å². The summed E-state index contributed by atoms with van der Waals surface area (Å²) in [7, 11) is 0. The molecule has 138 valence electrons. The predicted octanol–water partition coefficient (Wildman–Crippen LogP) is 5.72. The van der Waals surface area contributed by atoms with Gasteiger partial charge in [-0.15, -0.1) is 0 Å². The van der Waals surface area contributed by atoms with E-state index in [1.54, 1.807) is 30.3 Å². The van der Waals surface area contributed by atoms with E-state index < -0.39 is 5.78 Å². The average molecular weight is 426 g/mol. The van der Waals surface area contributed by atoms with E-state index in [1.807, 2.05) is 36.4 Å². The molecule has 3 aromatic carbocycles.